The summed E-state index contributed by atoms with van der Waals surface area (Å²) in [5.74, 6) is -0.0159. The quantitative estimate of drug-likeness (QED) is 0.0320. The molecule has 1 amide bonds. The molecule has 0 heterocycles. The zero-order chi connectivity index (χ0) is 62.0. The number of nitrogens with one attached hydrogen (secondary N) is 1. The monoisotopic (exact) mass is 1210 g/mol. The first-order chi connectivity index (χ1) is 42.5. The molecule has 6 nitrogen and oxygen atoms in total. The van der Waals surface area contributed by atoms with Gasteiger partial charge in [-0.15, -0.1) is 0 Å². The molecule has 0 spiro atoms. The Morgan fingerprint density at radius 1 is 0.314 bits per heavy atom. The minimum Gasteiger partial charge on any atom is -0.466 e. The number of allylic oxidation sites excluding steroid dienone is 4. The standard InChI is InChI=1S/C80H155NO5/c1-3-5-7-9-11-13-15-17-18-19-20-21-33-36-39-42-45-49-52-56-60-64-68-72-78(83)77(76-82)81-79(84)73-69-65-61-57-53-50-46-43-40-37-34-31-29-27-25-23-22-24-26-28-30-32-35-38-41-44-47-51-55-59-63-67-71-75-86-80(85)74-70-66-62-58-54-48-16-14-12-10-8-6-4-2/h14,16,26,28,77-78,82-83H,3-13,15,17-25,27,29-76H2,1-2H3,(H,81,84)/b16-14-,28-26-. The van der Waals surface area contributed by atoms with E-state index in [2.05, 4.69) is 43.5 Å². The largest absolute Gasteiger partial charge is 0.466 e. The fraction of sp³-hybridized carbons (Fsp3) is 0.925. The maximum atomic E-state index is 12.6. The number of hydrogen-bond acceptors (Lipinski definition) is 5. The van der Waals surface area contributed by atoms with Crippen molar-refractivity contribution in [1.29, 1.82) is 0 Å². The molecule has 0 aliphatic heterocycles. The van der Waals surface area contributed by atoms with Crippen LogP contribution in [-0.2, 0) is 14.3 Å². The number of aliphatic hydroxyl groups is 2. The lowest BCUT2D eigenvalue weighted by Gasteiger charge is -2.22. The maximum absolute atomic E-state index is 12.6. The molecule has 0 bridgehead atoms. The summed E-state index contributed by atoms with van der Waals surface area (Å²) in [5.41, 5.74) is 0. The molecule has 3 N–H and O–H groups in total. The summed E-state index contributed by atoms with van der Waals surface area (Å²) in [4.78, 5) is 24.6. The van der Waals surface area contributed by atoms with Gasteiger partial charge in [0.2, 0.25) is 5.91 Å². The second-order valence-electron chi connectivity index (χ2n) is 27.4. The number of hydrogen-bond donors (Lipinski definition) is 3. The Labute approximate surface area is 539 Å². The summed E-state index contributed by atoms with van der Waals surface area (Å²) < 4.78 is 5.48. The second kappa shape index (κ2) is 75.8. The third-order valence-electron chi connectivity index (χ3n) is 18.7. The molecule has 0 aliphatic rings. The van der Waals surface area contributed by atoms with Crippen LogP contribution >= 0.6 is 0 Å². The van der Waals surface area contributed by atoms with Gasteiger partial charge in [-0.05, 0) is 77.0 Å². The van der Waals surface area contributed by atoms with Crippen molar-refractivity contribution in [3.63, 3.8) is 0 Å². The van der Waals surface area contributed by atoms with E-state index in [4.69, 9.17) is 4.74 Å². The molecule has 86 heavy (non-hydrogen) atoms. The molecule has 0 fully saturated rings. The molecule has 0 rings (SSSR count). The van der Waals surface area contributed by atoms with E-state index in [1.54, 1.807) is 0 Å². The molecule has 6 heteroatoms. The normalized spacial score (nSPS) is 12.6. The van der Waals surface area contributed by atoms with Crippen molar-refractivity contribution in [2.75, 3.05) is 13.2 Å². The van der Waals surface area contributed by atoms with Crippen LogP contribution in [0, 0.1) is 0 Å². The molecule has 0 saturated heterocycles. The Hall–Kier alpha value is -1.66. The lowest BCUT2D eigenvalue weighted by atomic mass is 10.0. The Morgan fingerprint density at radius 3 is 0.837 bits per heavy atom. The SMILES string of the molecule is CCCCCC/C=C\CCCCCCCC(=O)OCCCCCCCCCCCCCC/C=C\CCCCCCCCCCCCCCCCCCCC(=O)NC(CO)C(O)CCCCCCCCCCCCCCCCCCCCCCCCC. The predicted octanol–water partition coefficient (Wildman–Crippen LogP) is 26.0. The molecule has 0 aliphatic carbocycles. The van der Waals surface area contributed by atoms with Crippen LogP contribution in [-0.4, -0.2) is 47.4 Å². The van der Waals surface area contributed by atoms with Gasteiger partial charge in [0, 0.05) is 12.8 Å². The van der Waals surface area contributed by atoms with Gasteiger partial charge in [-0.2, -0.15) is 0 Å². The highest BCUT2D eigenvalue weighted by atomic mass is 16.5. The van der Waals surface area contributed by atoms with Gasteiger partial charge in [-0.3, -0.25) is 9.59 Å². The van der Waals surface area contributed by atoms with Crippen LogP contribution in [0.2, 0.25) is 0 Å². The van der Waals surface area contributed by atoms with E-state index in [1.807, 2.05) is 0 Å². The highest BCUT2D eigenvalue weighted by Crippen LogP contribution is 2.20. The van der Waals surface area contributed by atoms with Gasteiger partial charge in [0.15, 0.2) is 0 Å². The van der Waals surface area contributed by atoms with Crippen LogP contribution in [0.4, 0.5) is 0 Å². The van der Waals surface area contributed by atoms with Crippen LogP contribution in [0.5, 0.6) is 0 Å². The molecule has 0 aromatic rings. The summed E-state index contributed by atoms with van der Waals surface area (Å²) in [6, 6.07) is -0.540. The molecular formula is C80H155NO5. The number of carbonyl (C=O) groups is 2. The molecule has 2 unspecified atom stereocenters. The van der Waals surface area contributed by atoms with Crippen molar-refractivity contribution < 1.29 is 24.5 Å². The van der Waals surface area contributed by atoms with Crippen molar-refractivity contribution in [3.05, 3.63) is 24.3 Å². The first-order valence-electron chi connectivity index (χ1n) is 39.6. The minimum absolute atomic E-state index is 0.0103. The van der Waals surface area contributed by atoms with E-state index < -0.39 is 12.1 Å². The third kappa shape index (κ3) is 71.4. The number of esters is 1. The summed E-state index contributed by atoms with van der Waals surface area (Å²) in [6.45, 7) is 4.99. The Kier molecular flexibility index (Phi) is 74.3. The van der Waals surface area contributed by atoms with Gasteiger partial charge in [0.1, 0.15) is 0 Å². The van der Waals surface area contributed by atoms with E-state index >= 15 is 0 Å². The van der Waals surface area contributed by atoms with Crippen LogP contribution in [0.1, 0.15) is 450 Å². The second-order valence-corrected chi connectivity index (χ2v) is 27.4. The first-order valence-corrected chi connectivity index (χ1v) is 39.6. The van der Waals surface area contributed by atoms with Gasteiger partial charge in [-0.25, -0.2) is 0 Å². The van der Waals surface area contributed by atoms with Crippen molar-refractivity contribution in [1.82, 2.24) is 5.32 Å². The summed E-state index contributed by atoms with van der Waals surface area (Å²) in [6.07, 6.45) is 97.0. The highest BCUT2D eigenvalue weighted by Gasteiger charge is 2.20. The third-order valence-corrected chi connectivity index (χ3v) is 18.7. The number of unbranched alkanes of at least 4 members (excludes halogenated alkanes) is 60. The number of aliphatic hydroxyl groups excluding tert-OH is 2. The van der Waals surface area contributed by atoms with Gasteiger partial charge < -0.3 is 20.3 Å². The number of carbonyl (C=O) groups excluding carboxylic acids is 2. The topological polar surface area (TPSA) is 95.9 Å². The fourth-order valence-electron chi connectivity index (χ4n) is 12.7. The van der Waals surface area contributed by atoms with Crippen LogP contribution in [0.3, 0.4) is 0 Å². The fourth-order valence-corrected chi connectivity index (χ4v) is 12.7. The van der Waals surface area contributed by atoms with Gasteiger partial charge >= 0.3 is 5.97 Å². The zero-order valence-corrected chi connectivity index (χ0v) is 58.6. The van der Waals surface area contributed by atoms with E-state index in [9.17, 15) is 19.8 Å². The Balaban J connectivity index is 3.35. The van der Waals surface area contributed by atoms with E-state index in [-0.39, 0.29) is 18.5 Å². The van der Waals surface area contributed by atoms with E-state index in [1.165, 1.54) is 372 Å². The maximum Gasteiger partial charge on any atom is 0.305 e. The van der Waals surface area contributed by atoms with Gasteiger partial charge in [0.05, 0.1) is 25.4 Å². The van der Waals surface area contributed by atoms with Crippen molar-refractivity contribution in [2.45, 2.75) is 463 Å². The van der Waals surface area contributed by atoms with Gasteiger partial charge in [0.25, 0.3) is 0 Å². The molecule has 510 valence electrons. The van der Waals surface area contributed by atoms with Crippen molar-refractivity contribution in [3.8, 4) is 0 Å². The molecule has 2 atom stereocenters. The number of ether oxygens (including phenoxy) is 1. The first kappa shape index (κ1) is 84.3. The summed E-state index contributed by atoms with van der Waals surface area (Å²) in [5, 5.41) is 23.5. The molecule has 0 aromatic heterocycles. The van der Waals surface area contributed by atoms with Crippen molar-refractivity contribution in [2.24, 2.45) is 0 Å². The van der Waals surface area contributed by atoms with Crippen LogP contribution < -0.4 is 5.32 Å². The Morgan fingerprint density at radius 2 is 0.547 bits per heavy atom. The highest BCUT2D eigenvalue weighted by molar-refractivity contribution is 5.76. The lowest BCUT2D eigenvalue weighted by Crippen LogP contribution is -2.45. The molecular weight excluding hydrogens is 1050 g/mol. The molecule has 0 saturated carbocycles. The van der Waals surface area contributed by atoms with Gasteiger partial charge in [-0.1, -0.05) is 385 Å². The van der Waals surface area contributed by atoms with E-state index in [0.717, 1.165) is 44.9 Å². The lowest BCUT2D eigenvalue weighted by molar-refractivity contribution is -0.143. The van der Waals surface area contributed by atoms with Crippen LogP contribution in [0.25, 0.3) is 0 Å². The average molecular weight is 1210 g/mol. The van der Waals surface area contributed by atoms with Crippen LogP contribution in [0.15, 0.2) is 24.3 Å². The minimum atomic E-state index is -0.663. The average Bonchev–Trinajstić information content (AvgIpc) is 3.55. The smallest absolute Gasteiger partial charge is 0.305 e. The summed E-state index contributed by atoms with van der Waals surface area (Å²) in [7, 11) is 0. The number of amides is 1. The zero-order valence-electron chi connectivity index (χ0n) is 58.6. The predicted molar refractivity (Wildman–Crippen MR) is 380 cm³/mol. The Bertz CT molecular complexity index is 1350. The van der Waals surface area contributed by atoms with E-state index in [0.29, 0.717) is 25.9 Å². The molecule has 0 aromatic carbocycles. The number of rotatable bonds is 75. The summed E-state index contributed by atoms with van der Waals surface area (Å²) >= 11 is 0. The van der Waals surface area contributed by atoms with Crippen molar-refractivity contribution >= 4 is 11.9 Å². The molecule has 0 radical (unpaired) electrons.